The fourth-order valence-electron chi connectivity index (χ4n) is 0.220. The highest BCUT2D eigenvalue weighted by molar-refractivity contribution is 14.1. The van der Waals surface area contributed by atoms with E-state index in [-0.39, 0.29) is 0 Å². The number of hydrogen-bond acceptors (Lipinski definition) is 1. The van der Waals surface area contributed by atoms with Gasteiger partial charge in [0.2, 0.25) is 0 Å². The molecule has 1 amide bonds. The predicted octanol–water partition coefficient (Wildman–Crippen LogP) is 2.69. The first-order chi connectivity index (χ1) is 4.54. The summed E-state index contributed by atoms with van der Waals surface area (Å²) in [5.41, 5.74) is 0. The Labute approximate surface area is 94.0 Å². The number of rotatable bonds is 2. The van der Waals surface area contributed by atoms with Gasteiger partial charge in [-0.2, -0.15) is 0 Å². The zero-order chi connectivity index (χ0) is 8.15. The highest BCUT2D eigenvalue weighted by Gasteiger charge is 1.98. The van der Waals surface area contributed by atoms with E-state index in [9.17, 15) is 4.79 Å². The van der Waals surface area contributed by atoms with Gasteiger partial charge in [0.1, 0.15) is 0 Å². The van der Waals surface area contributed by atoms with E-state index in [0.717, 1.165) is 6.07 Å². The molecule has 0 aromatic heterocycles. The molecule has 0 aromatic carbocycles. The SMILES string of the molecule is O=C(O)NCC(I)=C(Br)I. The molecule has 0 heterocycles. The number of hydrogen-bond donors (Lipinski definition) is 2. The molecule has 6 heteroatoms. The summed E-state index contributed by atoms with van der Waals surface area (Å²) < 4.78 is 1.88. The Morgan fingerprint density at radius 3 is 2.40 bits per heavy atom. The van der Waals surface area contributed by atoms with Crippen molar-refractivity contribution in [1.82, 2.24) is 5.32 Å². The second kappa shape index (κ2) is 5.58. The molecular weight excluding hydrogens is 428 g/mol. The summed E-state index contributed by atoms with van der Waals surface area (Å²) in [6, 6.07) is 0. The standard InChI is InChI=1S/C4H4BrI2NO2/c5-3(7)2(6)1-8-4(9)10/h8H,1H2,(H,9,10). The Morgan fingerprint density at radius 1 is 1.60 bits per heavy atom. The molecule has 0 bridgehead atoms. The van der Waals surface area contributed by atoms with Gasteiger partial charge in [-0.15, -0.1) is 0 Å². The first kappa shape index (κ1) is 11.0. The predicted molar refractivity (Wildman–Crippen MR) is 60.0 cm³/mol. The third-order valence-corrected chi connectivity index (χ3v) is 4.42. The normalized spacial score (nSPS) is 12.3. The van der Waals surface area contributed by atoms with Gasteiger partial charge in [0, 0.05) is 3.58 Å². The molecule has 0 rings (SSSR count). The third kappa shape index (κ3) is 5.71. The van der Waals surface area contributed by atoms with Crippen molar-refractivity contribution in [3.05, 3.63) is 6.07 Å². The molecule has 0 aliphatic heterocycles. The summed E-state index contributed by atoms with van der Waals surface area (Å²) in [5.74, 6) is 0. The first-order valence-corrected chi connectivity index (χ1v) is 5.15. The van der Waals surface area contributed by atoms with Gasteiger partial charge in [-0.25, -0.2) is 4.79 Å². The molecule has 58 valence electrons. The Balaban J connectivity index is 3.71. The van der Waals surface area contributed by atoms with Crippen molar-refractivity contribution >= 4 is 67.2 Å². The topological polar surface area (TPSA) is 49.3 Å². The molecule has 3 nitrogen and oxygen atoms in total. The average molecular weight is 432 g/mol. The van der Waals surface area contributed by atoms with Crippen molar-refractivity contribution in [3.8, 4) is 0 Å². The molecule has 0 atom stereocenters. The van der Waals surface area contributed by atoms with Crippen molar-refractivity contribution < 1.29 is 9.90 Å². The summed E-state index contributed by atoms with van der Waals surface area (Å²) in [4.78, 5) is 9.97. The van der Waals surface area contributed by atoms with Crippen LogP contribution in [0.3, 0.4) is 0 Å². The lowest BCUT2D eigenvalue weighted by Crippen LogP contribution is -2.21. The minimum Gasteiger partial charge on any atom is -0.465 e. The summed E-state index contributed by atoms with van der Waals surface area (Å²) in [6.45, 7) is 0.361. The maximum atomic E-state index is 9.97. The number of carboxylic acid groups (broad SMARTS) is 1. The zero-order valence-corrected chi connectivity index (χ0v) is 10.6. The van der Waals surface area contributed by atoms with Crippen LogP contribution in [0.4, 0.5) is 4.79 Å². The van der Waals surface area contributed by atoms with E-state index in [1.165, 1.54) is 0 Å². The molecule has 0 aromatic rings. The molecule has 0 saturated heterocycles. The second-order valence-corrected chi connectivity index (χ2v) is 5.98. The van der Waals surface area contributed by atoms with Gasteiger partial charge in [-0.05, 0) is 61.1 Å². The largest absolute Gasteiger partial charge is 0.465 e. The van der Waals surface area contributed by atoms with E-state index in [1.807, 2.05) is 0 Å². The van der Waals surface area contributed by atoms with Crippen LogP contribution in [-0.2, 0) is 0 Å². The lowest BCUT2D eigenvalue weighted by atomic mass is 10.6. The van der Waals surface area contributed by atoms with Crippen LogP contribution >= 0.6 is 61.1 Å². The van der Waals surface area contributed by atoms with Crippen LogP contribution in [0.2, 0.25) is 0 Å². The molecular formula is C4H4BrI2NO2. The fourth-order valence-corrected chi connectivity index (χ4v) is 0.742. The third-order valence-electron chi connectivity index (χ3n) is 0.600. The molecule has 0 spiro atoms. The van der Waals surface area contributed by atoms with Crippen molar-refractivity contribution in [2.24, 2.45) is 0 Å². The molecule has 0 unspecified atom stereocenters. The second-order valence-electron chi connectivity index (χ2n) is 1.32. The first-order valence-electron chi connectivity index (χ1n) is 2.20. The van der Waals surface area contributed by atoms with Crippen molar-refractivity contribution in [3.63, 3.8) is 0 Å². The van der Waals surface area contributed by atoms with Crippen molar-refractivity contribution in [2.75, 3.05) is 6.54 Å². The van der Waals surface area contributed by atoms with Crippen LogP contribution in [0, 0.1) is 0 Å². The fraction of sp³-hybridized carbons (Fsp3) is 0.250. The van der Waals surface area contributed by atoms with E-state index in [2.05, 4.69) is 66.4 Å². The summed E-state index contributed by atoms with van der Waals surface area (Å²) in [6.07, 6.45) is -1.00. The maximum absolute atomic E-state index is 9.97. The maximum Gasteiger partial charge on any atom is 0.404 e. The number of amides is 1. The summed E-state index contributed by atoms with van der Waals surface area (Å²) in [5, 5.41) is 10.4. The molecule has 0 fully saturated rings. The van der Waals surface area contributed by atoms with E-state index in [1.54, 1.807) is 0 Å². The zero-order valence-electron chi connectivity index (χ0n) is 4.70. The lowest BCUT2D eigenvalue weighted by molar-refractivity contribution is 0.195. The van der Waals surface area contributed by atoms with Gasteiger partial charge in [-0.3, -0.25) is 0 Å². The highest BCUT2D eigenvalue weighted by atomic mass is 127. The monoisotopic (exact) mass is 431 g/mol. The van der Waals surface area contributed by atoms with Crippen molar-refractivity contribution in [1.29, 1.82) is 0 Å². The van der Waals surface area contributed by atoms with Gasteiger partial charge in [0.25, 0.3) is 0 Å². The van der Waals surface area contributed by atoms with Gasteiger partial charge in [0.05, 0.1) is 9.03 Å². The van der Waals surface area contributed by atoms with Crippen LogP contribution in [0.1, 0.15) is 0 Å². The van der Waals surface area contributed by atoms with Crippen LogP contribution in [0.5, 0.6) is 0 Å². The average Bonchev–Trinajstić information content (AvgIpc) is 1.82. The lowest BCUT2D eigenvalue weighted by Gasteiger charge is -1.98. The smallest absolute Gasteiger partial charge is 0.404 e. The Bertz CT molecular complexity index is 167. The van der Waals surface area contributed by atoms with Gasteiger partial charge >= 0.3 is 6.09 Å². The number of halogens is 3. The Kier molecular flexibility index (Phi) is 6.11. The van der Waals surface area contributed by atoms with Gasteiger partial charge < -0.3 is 10.4 Å². The van der Waals surface area contributed by atoms with Crippen LogP contribution in [0.15, 0.2) is 6.07 Å². The van der Waals surface area contributed by atoms with E-state index >= 15 is 0 Å². The van der Waals surface area contributed by atoms with Crippen molar-refractivity contribution in [2.45, 2.75) is 0 Å². The van der Waals surface area contributed by atoms with E-state index in [4.69, 9.17) is 5.11 Å². The highest BCUT2D eigenvalue weighted by Crippen LogP contribution is 2.23. The molecule has 0 radical (unpaired) electrons. The van der Waals surface area contributed by atoms with Crippen LogP contribution in [-0.4, -0.2) is 17.7 Å². The summed E-state index contributed by atoms with van der Waals surface area (Å²) >= 11 is 7.35. The Morgan fingerprint density at radius 2 is 2.10 bits per heavy atom. The number of carbonyl (C=O) groups is 1. The molecule has 0 aliphatic rings. The summed E-state index contributed by atoms with van der Waals surface area (Å²) in [7, 11) is 0. The van der Waals surface area contributed by atoms with E-state index in [0.29, 0.717) is 6.54 Å². The Hall–Kier alpha value is 0.950. The number of nitrogens with one attached hydrogen (secondary N) is 1. The molecule has 10 heavy (non-hydrogen) atoms. The van der Waals surface area contributed by atoms with E-state index < -0.39 is 6.09 Å². The minimum atomic E-state index is -1.00. The minimum absolute atomic E-state index is 0.361. The molecule has 2 N–H and O–H groups in total. The van der Waals surface area contributed by atoms with Crippen LogP contribution in [0.25, 0.3) is 0 Å². The quantitative estimate of drug-likeness (QED) is 0.661. The molecule has 0 saturated carbocycles. The van der Waals surface area contributed by atoms with Gasteiger partial charge in [0.15, 0.2) is 0 Å². The van der Waals surface area contributed by atoms with Gasteiger partial charge in [-0.1, -0.05) is 0 Å². The molecule has 0 aliphatic carbocycles. The van der Waals surface area contributed by atoms with Crippen LogP contribution < -0.4 is 5.32 Å².